The van der Waals surface area contributed by atoms with Crippen LogP contribution in [0, 0.1) is 0 Å². The van der Waals surface area contributed by atoms with Crippen LogP contribution >= 0.6 is 0 Å². The molecule has 1 aliphatic carbocycles. The largest absolute Gasteiger partial charge is 0.444 e. The smallest absolute Gasteiger partial charge is 0.410 e. The molecule has 1 heterocycles. The van der Waals surface area contributed by atoms with Crippen molar-refractivity contribution in [2.45, 2.75) is 64.5 Å². The number of benzene rings is 1. The van der Waals surface area contributed by atoms with Gasteiger partial charge < -0.3 is 25.6 Å². The molecule has 0 radical (unpaired) electrons. The fourth-order valence-corrected chi connectivity index (χ4v) is 4.20. The van der Waals surface area contributed by atoms with E-state index in [0.29, 0.717) is 37.4 Å². The van der Waals surface area contributed by atoms with Crippen LogP contribution in [-0.2, 0) is 4.74 Å². The molecule has 0 unspecified atom stereocenters. The molecule has 3 rings (SSSR count). The Kier molecular flexibility index (Phi) is 9.15. The molecule has 4 amide bonds. The molecule has 1 aromatic rings. The maximum atomic E-state index is 12.4. The number of anilines is 1. The van der Waals surface area contributed by atoms with Crippen LogP contribution in [0.4, 0.5) is 15.3 Å². The highest BCUT2D eigenvalue weighted by Crippen LogP contribution is 2.18. The van der Waals surface area contributed by atoms with Crippen molar-refractivity contribution in [1.82, 2.24) is 20.4 Å². The summed E-state index contributed by atoms with van der Waals surface area (Å²) in [6.45, 7) is 9.50. The average Bonchev–Trinajstić information content (AvgIpc) is 2.79. The van der Waals surface area contributed by atoms with Gasteiger partial charge in [-0.3, -0.25) is 9.69 Å². The van der Waals surface area contributed by atoms with Crippen molar-refractivity contribution in [2.75, 3.05) is 44.6 Å². The standard InChI is InChI=1S/C25H39N5O4/c1-25(2,3)34-24(33)30-17-15-29(16-18-30)14-13-26-23(32)28-21-11-9-19(10-12-21)22(31)27-20-7-5-4-6-8-20/h9-12,20H,4-8,13-18H2,1-3H3,(H,27,31)(H2,26,28,32). The zero-order chi connectivity index (χ0) is 24.6. The summed E-state index contributed by atoms with van der Waals surface area (Å²) in [5, 5.41) is 8.76. The molecule has 0 atom stereocenters. The number of rotatable bonds is 6. The Bertz CT molecular complexity index is 823. The first-order valence-electron chi connectivity index (χ1n) is 12.4. The zero-order valence-corrected chi connectivity index (χ0v) is 20.7. The first kappa shape index (κ1) is 25.8. The normalized spacial score (nSPS) is 17.7. The lowest BCUT2D eigenvalue weighted by atomic mass is 9.95. The summed E-state index contributed by atoms with van der Waals surface area (Å²) in [4.78, 5) is 40.7. The third kappa shape index (κ3) is 8.52. The zero-order valence-electron chi connectivity index (χ0n) is 20.7. The first-order valence-corrected chi connectivity index (χ1v) is 12.4. The molecule has 1 aliphatic heterocycles. The number of carbonyl (C=O) groups excluding carboxylic acids is 3. The van der Waals surface area contributed by atoms with Crippen molar-refractivity contribution in [3.05, 3.63) is 29.8 Å². The van der Waals surface area contributed by atoms with Gasteiger partial charge in [0.25, 0.3) is 5.91 Å². The van der Waals surface area contributed by atoms with Crippen LogP contribution in [-0.4, -0.2) is 78.7 Å². The Morgan fingerprint density at radius 1 is 0.971 bits per heavy atom. The average molecular weight is 474 g/mol. The van der Waals surface area contributed by atoms with Crippen molar-refractivity contribution >= 4 is 23.7 Å². The highest BCUT2D eigenvalue weighted by molar-refractivity contribution is 5.95. The fourth-order valence-electron chi connectivity index (χ4n) is 4.20. The fraction of sp³-hybridized carbons (Fsp3) is 0.640. The lowest BCUT2D eigenvalue weighted by Gasteiger charge is -2.35. The van der Waals surface area contributed by atoms with E-state index in [2.05, 4.69) is 20.9 Å². The molecule has 0 spiro atoms. The van der Waals surface area contributed by atoms with Crippen molar-refractivity contribution < 1.29 is 19.1 Å². The van der Waals surface area contributed by atoms with Gasteiger partial charge in [0.1, 0.15) is 5.60 Å². The van der Waals surface area contributed by atoms with Crippen LogP contribution in [0.25, 0.3) is 0 Å². The van der Waals surface area contributed by atoms with Crippen molar-refractivity contribution in [2.24, 2.45) is 0 Å². The number of nitrogens with one attached hydrogen (secondary N) is 3. The molecule has 0 aromatic heterocycles. The summed E-state index contributed by atoms with van der Waals surface area (Å²) in [5.74, 6) is -0.0605. The minimum Gasteiger partial charge on any atom is -0.444 e. The number of ether oxygens (including phenoxy) is 1. The van der Waals surface area contributed by atoms with Crippen LogP contribution in [0.3, 0.4) is 0 Å². The van der Waals surface area contributed by atoms with Crippen LogP contribution in [0.1, 0.15) is 63.2 Å². The molecule has 0 bridgehead atoms. The van der Waals surface area contributed by atoms with Crippen molar-refractivity contribution in [3.8, 4) is 0 Å². The molecular weight excluding hydrogens is 434 g/mol. The molecule has 2 aliphatic rings. The first-order chi connectivity index (χ1) is 16.2. The number of urea groups is 1. The molecule has 1 saturated heterocycles. The molecule has 2 fully saturated rings. The molecule has 34 heavy (non-hydrogen) atoms. The number of piperazine rings is 1. The molecule has 9 nitrogen and oxygen atoms in total. The van der Waals surface area contributed by atoms with Gasteiger partial charge in [-0.05, 0) is 57.9 Å². The second kappa shape index (κ2) is 12.1. The van der Waals surface area contributed by atoms with Gasteiger partial charge in [-0.2, -0.15) is 0 Å². The van der Waals surface area contributed by atoms with E-state index in [4.69, 9.17) is 4.74 Å². The molecule has 9 heteroatoms. The van der Waals surface area contributed by atoms with Crippen molar-refractivity contribution in [3.63, 3.8) is 0 Å². The van der Waals surface area contributed by atoms with Gasteiger partial charge in [0.05, 0.1) is 0 Å². The Balaban J connectivity index is 1.32. The SMILES string of the molecule is CC(C)(C)OC(=O)N1CCN(CCNC(=O)Nc2ccc(C(=O)NC3CCCCC3)cc2)CC1. The van der Waals surface area contributed by atoms with Gasteiger partial charge in [-0.25, -0.2) is 9.59 Å². The van der Waals surface area contributed by atoms with E-state index in [1.165, 1.54) is 19.3 Å². The van der Waals surface area contributed by atoms with Crippen LogP contribution < -0.4 is 16.0 Å². The lowest BCUT2D eigenvalue weighted by molar-refractivity contribution is 0.0147. The molecule has 3 N–H and O–H groups in total. The van der Waals surface area contributed by atoms with Crippen LogP contribution in [0.2, 0.25) is 0 Å². The van der Waals surface area contributed by atoms with Gasteiger partial charge >= 0.3 is 12.1 Å². The van der Waals surface area contributed by atoms with E-state index in [0.717, 1.165) is 25.9 Å². The second-order valence-electron chi connectivity index (χ2n) is 10.1. The van der Waals surface area contributed by atoms with Gasteiger partial charge in [0.2, 0.25) is 0 Å². The van der Waals surface area contributed by atoms with Crippen LogP contribution in [0.15, 0.2) is 24.3 Å². The molecule has 1 aromatic carbocycles. The Labute approximate surface area is 202 Å². The monoisotopic (exact) mass is 473 g/mol. The maximum absolute atomic E-state index is 12.4. The highest BCUT2D eigenvalue weighted by atomic mass is 16.6. The predicted molar refractivity (Wildman–Crippen MR) is 132 cm³/mol. The Hall–Kier alpha value is -2.81. The summed E-state index contributed by atoms with van der Waals surface area (Å²) < 4.78 is 5.42. The minimum absolute atomic E-state index is 0.0605. The van der Waals surface area contributed by atoms with Gasteiger partial charge in [-0.15, -0.1) is 0 Å². The number of carbonyl (C=O) groups is 3. The third-order valence-corrected chi connectivity index (χ3v) is 6.08. The number of hydrogen-bond acceptors (Lipinski definition) is 5. The maximum Gasteiger partial charge on any atom is 0.410 e. The van der Waals surface area contributed by atoms with E-state index >= 15 is 0 Å². The van der Waals surface area contributed by atoms with E-state index in [9.17, 15) is 14.4 Å². The topological polar surface area (TPSA) is 103 Å². The van der Waals surface area contributed by atoms with E-state index < -0.39 is 5.60 Å². The van der Waals surface area contributed by atoms with E-state index in [-0.39, 0.29) is 24.1 Å². The number of amides is 4. The summed E-state index contributed by atoms with van der Waals surface area (Å²) in [7, 11) is 0. The lowest BCUT2D eigenvalue weighted by Crippen LogP contribution is -2.51. The van der Waals surface area contributed by atoms with Gasteiger partial charge in [0.15, 0.2) is 0 Å². The Morgan fingerprint density at radius 3 is 2.24 bits per heavy atom. The molecular formula is C25H39N5O4. The molecule has 188 valence electrons. The summed E-state index contributed by atoms with van der Waals surface area (Å²) in [6, 6.07) is 6.93. The van der Waals surface area contributed by atoms with Gasteiger partial charge in [0, 0.05) is 56.6 Å². The number of hydrogen-bond donors (Lipinski definition) is 3. The van der Waals surface area contributed by atoms with Crippen molar-refractivity contribution in [1.29, 1.82) is 0 Å². The van der Waals surface area contributed by atoms with E-state index in [1.807, 2.05) is 20.8 Å². The van der Waals surface area contributed by atoms with E-state index in [1.54, 1.807) is 29.2 Å². The summed E-state index contributed by atoms with van der Waals surface area (Å²) >= 11 is 0. The number of nitrogens with zero attached hydrogens (tertiary/aromatic N) is 2. The summed E-state index contributed by atoms with van der Waals surface area (Å²) in [6.07, 6.45) is 5.41. The van der Waals surface area contributed by atoms with Gasteiger partial charge in [-0.1, -0.05) is 19.3 Å². The Morgan fingerprint density at radius 2 is 1.62 bits per heavy atom. The third-order valence-electron chi connectivity index (χ3n) is 6.08. The quantitative estimate of drug-likeness (QED) is 0.587. The van der Waals surface area contributed by atoms with Crippen LogP contribution in [0.5, 0.6) is 0 Å². The minimum atomic E-state index is -0.493. The predicted octanol–water partition coefficient (Wildman–Crippen LogP) is 3.42. The highest BCUT2D eigenvalue weighted by Gasteiger charge is 2.25. The second-order valence-corrected chi connectivity index (χ2v) is 10.1. The molecule has 1 saturated carbocycles. The summed E-state index contributed by atoms with van der Waals surface area (Å²) in [5.41, 5.74) is 0.743.